The van der Waals surface area contributed by atoms with E-state index in [1.54, 1.807) is 0 Å². The van der Waals surface area contributed by atoms with Crippen LogP contribution in [0, 0.1) is 23.3 Å². The first-order valence-electron chi connectivity index (χ1n) is 9.34. The highest BCUT2D eigenvalue weighted by Gasteiger charge is 2.22. The number of thiazole rings is 1. The minimum Gasteiger partial charge on any atom is -0.481 e. The average molecular weight is 503 g/mol. The molecule has 0 saturated carbocycles. The summed E-state index contributed by atoms with van der Waals surface area (Å²) in [6.07, 6.45) is 1.74. The van der Waals surface area contributed by atoms with Crippen molar-refractivity contribution in [3.63, 3.8) is 0 Å². The number of carbonyl (C=O) groups excluding carboxylic acids is 1. The number of carbonyl (C=O) groups is 2. The van der Waals surface area contributed by atoms with Gasteiger partial charge in [-0.2, -0.15) is 0 Å². The van der Waals surface area contributed by atoms with Crippen molar-refractivity contribution >= 4 is 39.9 Å². The van der Waals surface area contributed by atoms with E-state index in [1.165, 1.54) is 17.6 Å². The molecule has 0 aliphatic rings. The standard InChI is InChI=1S/C20H15ClF4N4O3S/c21-11-4-9(6-27-13(11)7-26-3-1-2-15(30)31)19(32)29-20-28-14(8-33-20)10-5-12(22)17(24)18(25)16(10)23/h4-6,8,26H,1-3,7H2,(H,30,31)(H,28,29,32). The minimum atomic E-state index is -1.96. The second-order valence-electron chi connectivity index (χ2n) is 6.67. The van der Waals surface area contributed by atoms with Crippen molar-refractivity contribution in [1.82, 2.24) is 15.3 Å². The molecule has 0 atom stereocenters. The minimum absolute atomic E-state index is 0.000150. The summed E-state index contributed by atoms with van der Waals surface area (Å²) in [5.41, 5.74) is -0.230. The number of hydrogen-bond acceptors (Lipinski definition) is 6. The van der Waals surface area contributed by atoms with Crippen LogP contribution >= 0.6 is 22.9 Å². The van der Waals surface area contributed by atoms with Gasteiger partial charge in [0.15, 0.2) is 28.4 Å². The van der Waals surface area contributed by atoms with Gasteiger partial charge in [-0.25, -0.2) is 22.5 Å². The molecule has 3 N–H and O–H groups in total. The third-order valence-corrected chi connectivity index (χ3v) is 5.40. The topological polar surface area (TPSA) is 104 Å². The van der Waals surface area contributed by atoms with Crippen molar-refractivity contribution < 1.29 is 32.3 Å². The van der Waals surface area contributed by atoms with Crippen LogP contribution in [0.15, 0.2) is 23.7 Å². The predicted octanol–water partition coefficient (Wildman–Crippen LogP) is 4.62. The first-order chi connectivity index (χ1) is 15.7. The lowest BCUT2D eigenvalue weighted by molar-refractivity contribution is -0.137. The van der Waals surface area contributed by atoms with E-state index in [0.29, 0.717) is 24.7 Å². The molecular formula is C20H15ClF4N4O3S. The van der Waals surface area contributed by atoms with Crippen LogP contribution in [0.25, 0.3) is 11.3 Å². The number of halogens is 5. The summed E-state index contributed by atoms with van der Waals surface area (Å²) in [4.78, 5) is 31.0. The number of benzene rings is 1. The molecule has 7 nitrogen and oxygen atoms in total. The molecule has 33 heavy (non-hydrogen) atoms. The van der Waals surface area contributed by atoms with Gasteiger partial charge < -0.3 is 10.4 Å². The molecule has 1 amide bonds. The largest absolute Gasteiger partial charge is 0.481 e. The van der Waals surface area contributed by atoms with E-state index in [4.69, 9.17) is 16.7 Å². The third kappa shape index (κ3) is 6.03. The molecule has 3 rings (SSSR count). The Kier molecular flexibility index (Phi) is 7.95. The summed E-state index contributed by atoms with van der Waals surface area (Å²) in [5.74, 6) is -8.58. The highest BCUT2D eigenvalue weighted by molar-refractivity contribution is 7.14. The van der Waals surface area contributed by atoms with Crippen LogP contribution in [0.2, 0.25) is 5.02 Å². The molecule has 0 radical (unpaired) electrons. The van der Waals surface area contributed by atoms with E-state index < -0.39 is 40.7 Å². The molecule has 0 aliphatic carbocycles. The maximum absolute atomic E-state index is 14.0. The van der Waals surface area contributed by atoms with Gasteiger partial charge in [0.05, 0.1) is 22.0 Å². The van der Waals surface area contributed by atoms with E-state index >= 15 is 0 Å². The molecule has 0 bridgehead atoms. The average Bonchev–Trinajstić information content (AvgIpc) is 3.23. The van der Waals surface area contributed by atoms with Gasteiger partial charge in [0.1, 0.15) is 0 Å². The first kappa shape index (κ1) is 24.6. The highest BCUT2D eigenvalue weighted by atomic mass is 35.5. The summed E-state index contributed by atoms with van der Waals surface area (Å²) < 4.78 is 54.0. The van der Waals surface area contributed by atoms with Crippen molar-refractivity contribution in [2.24, 2.45) is 0 Å². The fraction of sp³-hybridized carbons (Fsp3) is 0.200. The number of rotatable bonds is 9. The maximum Gasteiger partial charge on any atom is 0.303 e. The summed E-state index contributed by atoms with van der Waals surface area (Å²) in [6.45, 7) is 0.716. The van der Waals surface area contributed by atoms with Gasteiger partial charge in [-0.05, 0) is 25.1 Å². The van der Waals surface area contributed by atoms with E-state index in [0.717, 1.165) is 11.3 Å². The summed E-state index contributed by atoms with van der Waals surface area (Å²) in [7, 11) is 0. The lowest BCUT2D eigenvalue weighted by atomic mass is 10.1. The summed E-state index contributed by atoms with van der Waals surface area (Å²) >= 11 is 7.01. The van der Waals surface area contributed by atoms with Gasteiger partial charge in [0, 0.05) is 30.1 Å². The third-order valence-electron chi connectivity index (χ3n) is 4.32. The van der Waals surface area contributed by atoms with Crippen molar-refractivity contribution in [2.75, 3.05) is 11.9 Å². The normalized spacial score (nSPS) is 10.9. The van der Waals surface area contributed by atoms with Gasteiger partial charge in [0.2, 0.25) is 0 Å². The molecule has 0 fully saturated rings. The first-order valence-corrected chi connectivity index (χ1v) is 10.6. The fourth-order valence-corrected chi connectivity index (χ4v) is 3.61. The molecule has 1 aromatic carbocycles. The smallest absolute Gasteiger partial charge is 0.303 e. The predicted molar refractivity (Wildman–Crippen MR) is 113 cm³/mol. The Labute approximate surface area is 193 Å². The van der Waals surface area contributed by atoms with Crippen molar-refractivity contribution in [3.8, 4) is 11.3 Å². The Balaban J connectivity index is 1.65. The van der Waals surface area contributed by atoms with Crippen molar-refractivity contribution in [2.45, 2.75) is 19.4 Å². The number of nitrogens with zero attached hydrogens (tertiary/aromatic N) is 2. The van der Waals surface area contributed by atoms with E-state index in [-0.39, 0.29) is 34.4 Å². The Morgan fingerprint density at radius 1 is 1.12 bits per heavy atom. The zero-order chi connectivity index (χ0) is 24.1. The zero-order valence-corrected chi connectivity index (χ0v) is 18.2. The van der Waals surface area contributed by atoms with Crippen LogP contribution in [0.5, 0.6) is 0 Å². The Hall–Kier alpha value is -3.09. The Bertz CT molecular complexity index is 1210. The lowest BCUT2D eigenvalue weighted by Crippen LogP contribution is -2.18. The number of hydrogen-bond donors (Lipinski definition) is 3. The fourth-order valence-electron chi connectivity index (χ4n) is 2.68. The number of pyridine rings is 1. The van der Waals surface area contributed by atoms with Crippen LogP contribution in [-0.2, 0) is 11.3 Å². The zero-order valence-electron chi connectivity index (χ0n) is 16.6. The number of anilines is 1. The molecule has 0 unspecified atom stereocenters. The number of aliphatic carboxylic acids is 1. The molecule has 13 heteroatoms. The number of nitrogens with one attached hydrogen (secondary N) is 2. The molecular weight excluding hydrogens is 488 g/mol. The number of carboxylic acids is 1. The monoisotopic (exact) mass is 502 g/mol. The van der Waals surface area contributed by atoms with Crippen LogP contribution in [0.1, 0.15) is 28.9 Å². The second kappa shape index (κ2) is 10.7. The van der Waals surface area contributed by atoms with E-state index in [2.05, 4.69) is 20.6 Å². The molecule has 2 aromatic heterocycles. The molecule has 0 spiro atoms. The highest BCUT2D eigenvalue weighted by Crippen LogP contribution is 2.30. The Morgan fingerprint density at radius 2 is 1.88 bits per heavy atom. The van der Waals surface area contributed by atoms with Gasteiger partial charge in [0.25, 0.3) is 5.91 Å². The molecule has 2 heterocycles. The SMILES string of the molecule is O=C(O)CCCNCc1ncc(C(=O)Nc2nc(-c3cc(F)c(F)c(F)c3F)cs2)cc1Cl. The van der Waals surface area contributed by atoms with Crippen LogP contribution in [0.4, 0.5) is 22.7 Å². The van der Waals surface area contributed by atoms with Crippen molar-refractivity contribution in [3.05, 3.63) is 63.3 Å². The summed E-state index contributed by atoms with van der Waals surface area (Å²) in [6, 6.07) is 1.85. The number of carboxylic acid groups (broad SMARTS) is 1. The molecule has 174 valence electrons. The van der Waals surface area contributed by atoms with E-state index in [9.17, 15) is 27.2 Å². The maximum atomic E-state index is 14.0. The second-order valence-corrected chi connectivity index (χ2v) is 7.93. The summed E-state index contributed by atoms with van der Waals surface area (Å²) in [5, 5.41) is 15.5. The van der Waals surface area contributed by atoms with Gasteiger partial charge >= 0.3 is 5.97 Å². The van der Waals surface area contributed by atoms with Gasteiger partial charge in [-0.15, -0.1) is 11.3 Å². The number of amides is 1. The van der Waals surface area contributed by atoms with Crippen molar-refractivity contribution in [1.29, 1.82) is 0 Å². The van der Waals surface area contributed by atoms with Gasteiger partial charge in [-0.3, -0.25) is 19.9 Å². The Morgan fingerprint density at radius 3 is 2.58 bits per heavy atom. The van der Waals surface area contributed by atoms with E-state index in [1.807, 2.05) is 0 Å². The molecule has 3 aromatic rings. The lowest BCUT2D eigenvalue weighted by Gasteiger charge is -2.07. The van der Waals surface area contributed by atoms with Gasteiger partial charge in [-0.1, -0.05) is 11.6 Å². The molecule has 0 aliphatic heterocycles. The number of aromatic nitrogens is 2. The quantitative estimate of drug-likeness (QED) is 0.171. The van der Waals surface area contributed by atoms with Crippen LogP contribution in [0.3, 0.4) is 0 Å². The van der Waals surface area contributed by atoms with Crippen LogP contribution in [-0.4, -0.2) is 33.5 Å². The molecule has 0 saturated heterocycles. The van der Waals surface area contributed by atoms with Crippen LogP contribution < -0.4 is 10.6 Å².